The fraction of sp³-hybridized carbons (Fsp3) is 0.636. The van der Waals surface area contributed by atoms with Gasteiger partial charge in [0.1, 0.15) is 21.8 Å². The summed E-state index contributed by atoms with van der Waals surface area (Å²) in [4.78, 5) is 8.62. The first kappa shape index (κ1) is 13.7. The number of aliphatic hydroxyl groups excluding tert-OH is 3. The van der Waals surface area contributed by atoms with Crippen LogP contribution in [0.5, 0.6) is 0 Å². The van der Waals surface area contributed by atoms with Gasteiger partial charge in [-0.15, -0.1) is 0 Å². The summed E-state index contributed by atoms with van der Waals surface area (Å²) in [6.07, 6.45) is 2.17. The molecule has 6 nitrogen and oxygen atoms in total. The minimum Gasteiger partial charge on any atom is -0.394 e. The maximum absolute atomic E-state index is 9.26. The number of nitrogens with one attached hydrogen (secondary N) is 1. The van der Waals surface area contributed by atoms with Crippen molar-refractivity contribution in [1.82, 2.24) is 9.97 Å². The molecule has 0 spiro atoms. The Morgan fingerprint density at radius 2 is 1.83 bits per heavy atom. The van der Waals surface area contributed by atoms with E-state index in [9.17, 15) is 15.3 Å². The summed E-state index contributed by atoms with van der Waals surface area (Å²) in [5.41, 5.74) is -1.17. The number of aliphatic hydroxyl groups is 3. The van der Waals surface area contributed by atoms with E-state index in [0.717, 1.165) is 18.7 Å². The lowest BCUT2D eigenvalue weighted by molar-refractivity contribution is 0.0831. The third-order valence-corrected chi connectivity index (χ3v) is 3.36. The molecule has 0 radical (unpaired) electrons. The lowest BCUT2D eigenvalue weighted by Gasteiger charge is -2.29. The average Bonchev–Trinajstić information content (AvgIpc) is 3.20. The largest absolute Gasteiger partial charge is 0.394 e. The van der Waals surface area contributed by atoms with E-state index in [1.165, 1.54) is 0 Å². The molecule has 0 aromatic carbocycles. The van der Waals surface area contributed by atoms with E-state index in [4.69, 9.17) is 0 Å². The zero-order chi connectivity index (χ0) is 13.2. The number of halogens is 1. The molecular weight excluding hydrogens is 302 g/mol. The van der Waals surface area contributed by atoms with E-state index < -0.39 is 5.54 Å². The van der Waals surface area contributed by atoms with Gasteiger partial charge in [0.05, 0.1) is 19.8 Å². The first-order chi connectivity index (χ1) is 8.62. The summed E-state index contributed by atoms with van der Waals surface area (Å²) in [5.74, 6) is 1.63. The van der Waals surface area contributed by atoms with E-state index in [2.05, 4.69) is 31.2 Å². The minimum absolute atomic E-state index is 0.389. The predicted molar refractivity (Wildman–Crippen MR) is 69.3 cm³/mol. The highest BCUT2D eigenvalue weighted by Crippen LogP contribution is 2.38. The van der Waals surface area contributed by atoms with Gasteiger partial charge in [0.2, 0.25) is 0 Å². The Balaban J connectivity index is 2.21. The summed E-state index contributed by atoms with van der Waals surface area (Å²) in [5, 5.41) is 30.7. The number of hydrogen-bond acceptors (Lipinski definition) is 6. The molecule has 1 aliphatic carbocycles. The summed E-state index contributed by atoms with van der Waals surface area (Å²) in [6, 6.07) is 1.65. The quantitative estimate of drug-likeness (QED) is 0.561. The summed E-state index contributed by atoms with van der Waals surface area (Å²) in [7, 11) is 0. The van der Waals surface area contributed by atoms with E-state index in [1.54, 1.807) is 6.07 Å². The lowest BCUT2D eigenvalue weighted by atomic mass is 10.0. The third-order valence-electron chi connectivity index (χ3n) is 2.96. The smallest absolute Gasteiger partial charge is 0.135 e. The van der Waals surface area contributed by atoms with Crippen molar-refractivity contribution < 1.29 is 15.3 Å². The Labute approximate surface area is 113 Å². The van der Waals surface area contributed by atoms with Crippen LogP contribution in [0.4, 0.5) is 5.82 Å². The van der Waals surface area contributed by atoms with Crippen molar-refractivity contribution in [2.45, 2.75) is 24.3 Å². The van der Waals surface area contributed by atoms with Crippen LogP contribution < -0.4 is 5.32 Å². The molecule has 1 aromatic heterocycles. The van der Waals surface area contributed by atoms with Crippen LogP contribution in [0.1, 0.15) is 24.6 Å². The van der Waals surface area contributed by atoms with E-state index in [1.807, 2.05) is 0 Å². The van der Waals surface area contributed by atoms with Crippen LogP contribution in [0.25, 0.3) is 0 Å². The molecular formula is C11H16BrN3O3. The number of aromatic nitrogens is 2. The number of anilines is 1. The molecule has 0 aliphatic heterocycles. The van der Waals surface area contributed by atoms with Gasteiger partial charge < -0.3 is 20.6 Å². The molecule has 0 unspecified atom stereocenters. The van der Waals surface area contributed by atoms with Gasteiger partial charge in [-0.2, -0.15) is 0 Å². The third kappa shape index (κ3) is 2.97. The molecule has 0 bridgehead atoms. The van der Waals surface area contributed by atoms with E-state index >= 15 is 0 Å². The van der Waals surface area contributed by atoms with Crippen molar-refractivity contribution in [3.05, 3.63) is 16.5 Å². The van der Waals surface area contributed by atoms with Crippen molar-refractivity contribution in [2.24, 2.45) is 0 Å². The van der Waals surface area contributed by atoms with Gasteiger partial charge in [-0.25, -0.2) is 9.97 Å². The van der Waals surface area contributed by atoms with Crippen LogP contribution in [0.3, 0.4) is 0 Å². The summed E-state index contributed by atoms with van der Waals surface area (Å²) in [6.45, 7) is -1.17. The molecule has 1 aromatic rings. The molecule has 1 aliphatic rings. The maximum Gasteiger partial charge on any atom is 0.135 e. The topological polar surface area (TPSA) is 98.5 Å². The first-order valence-electron chi connectivity index (χ1n) is 5.78. The predicted octanol–water partition coefficient (Wildman–Crippen LogP) is 0.244. The van der Waals surface area contributed by atoms with Crippen molar-refractivity contribution in [3.63, 3.8) is 0 Å². The molecule has 1 fully saturated rings. The molecule has 1 saturated carbocycles. The van der Waals surface area contributed by atoms with Gasteiger partial charge in [0.25, 0.3) is 0 Å². The van der Waals surface area contributed by atoms with Crippen LogP contribution in [0.15, 0.2) is 10.7 Å². The van der Waals surface area contributed by atoms with Crippen LogP contribution in [0.2, 0.25) is 0 Å². The van der Waals surface area contributed by atoms with Gasteiger partial charge in [-0.05, 0) is 28.8 Å². The SMILES string of the molecule is OCC(CO)(CO)Nc1cc(Br)nc(C2CC2)n1. The highest BCUT2D eigenvalue weighted by molar-refractivity contribution is 9.10. The maximum atomic E-state index is 9.26. The van der Waals surface area contributed by atoms with Crippen molar-refractivity contribution in [3.8, 4) is 0 Å². The Morgan fingerprint density at radius 1 is 1.22 bits per heavy atom. The van der Waals surface area contributed by atoms with Gasteiger partial charge >= 0.3 is 0 Å². The van der Waals surface area contributed by atoms with Gasteiger partial charge in [-0.1, -0.05) is 0 Å². The number of nitrogens with zero attached hydrogens (tertiary/aromatic N) is 2. The highest BCUT2D eigenvalue weighted by atomic mass is 79.9. The molecule has 0 amide bonds. The van der Waals surface area contributed by atoms with Gasteiger partial charge in [-0.3, -0.25) is 0 Å². The molecule has 7 heteroatoms. The molecule has 100 valence electrons. The molecule has 0 saturated heterocycles. The molecule has 4 N–H and O–H groups in total. The van der Waals surface area contributed by atoms with Crippen molar-refractivity contribution in [1.29, 1.82) is 0 Å². The fourth-order valence-electron chi connectivity index (χ4n) is 1.56. The van der Waals surface area contributed by atoms with Crippen LogP contribution >= 0.6 is 15.9 Å². The van der Waals surface area contributed by atoms with Crippen molar-refractivity contribution in [2.75, 3.05) is 25.1 Å². The Morgan fingerprint density at radius 3 is 2.33 bits per heavy atom. The second-order valence-corrected chi connectivity index (χ2v) is 5.40. The average molecular weight is 318 g/mol. The zero-order valence-electron chi connectivity index (χ0n) is 9.80. The monoisotopic (exact) mass is 317 g/mol. The zero-order valence-corrected chi connectivity index (χ0v) is 11.4. The first-order valence-corrected chi connectivity index (χ1v) is 6.57. The fourth-order valence-corrected chi connectivity index (χ4v) is 1.96. The highest BCUT2D eigenvalue weighted by Gasteiger charge is 2.30. The lowest BCUT2D eigenvalue weighted by Crippen LogP contribution is -2.49. The van der Waals surface area contributed by atoms with E-state index in [0.29, 0.717) is 16.3 Å². The van der Waals surface area contributed by atoms with Gasteiger partial charge in [0.15, 0.2) is 0 Å². The molecule has 2 rings (SSSR count). The second kappa shape index (κ2) is 5.48. The Kier molecular flexibility index (Phi) is 4.16. The van der Waals surface area contributed by atoms with Crippen molar-refractivity contribution >= 4 is 21.7 Å². The summed E-state index contributed by atoms with van der Waals surface area (Å²) < 4.78 is 0.643. The minimum atomic E-state index is -1.17. The Bertz CT molecular complexity index is 414. The van der Waals surface area contributed by atoms with Gasteiger partial charge in [0, 0.05) is 12.0 Å². The molecule has 0 atom stereocenters. The normalized spacial score (nSPS) is 15.8. The molecule has 18 heavy (non-hydrogen) atoms. The van der Waals surface area contributed by atoms with Crippen LogP contribution in [-0.4, -0.2) is 50.6 Å². The standard InChI is InChI=1S/C11H16BrN3O3/c12-8-3-9(14-10(13-8)7-1-2-7)15-11(4-16,5-17)6-18/h3,7,16-18H,1-2,4-6H2,(H,13,14,15). The van der Waals surface area contributed by atoms with E-state index in [-0.39, 0.29) is 19.8 Å². The Hall–Kier alpha value is -0.760. The summed E-state index contributed by atoms with van der Waals surface area (Å²) >= 11 is 3.30. The number of rotatable bonds is 6. The second-order valence-electron chi connectivity index (χ2n) is 4.59. The van der Waals surface area contributed by atoms with Crippen LogP contribution in [-0.2, 0) is 0 Å². The van der Waals surface area contributed by atoms with Crippen LogP contribution in [0, 0.1) is 0 Å². The molecule has 1 heterocycles. The number of hydrogen-bond donors (Lipinski definition) is 4.